The van der Waals surface area contributed by atoms with Crippen LogP contribution >= 0.6 is 0 Å². The Morgan fingerprint density at radius 3 is 2.55 bits per heavy atom. The van der Waals surface area contributed by atoms with Gasteiger partial charge in [-0.15, -0.1) is 0 Å². The van der Waals surface area contributed by atoms with E-state index in [4.69, 9.17) is 4.74 Å². The number of hydrogen-bond acceptors (Lipinski definition) is 2. The summed E-state index contributed by atoms with van der Waals surface area (Å²) in [5, 5.41) is 0. The molecule has 1 aromatic carbocycles. The molecule has 0 aliphatic rings. The fourth-order valence-electron chi connectivity index (χ4n) is 2.80. The third kappa shape index (κ3) is 4.00. The molecule has 0 radical (unpaired) electrons. The van der Waals surface area contributed by atoms with Gasteiger partial charge >= 0.3 is 5.97 Å². The SMILES string of the molecule is CCOC(=O)c1ccn(CCCc2ccccc2)c1C(C)C. The summed E-state index contributed by atoms with van der Waals surface area (Å²) in [5.41, 5.74) is 3.13. The second kappa shape index (κ2) is 7.83. The van der Waals surface area contributed by atoms with Crippen molar-refractivity contribution in [3.05, 3.63) is 59.4 Å². The van der Waals surface area contributed by atoms with E-state index >= 15 is 0 Å². The number of esters is 1. The van der Waals surface area contributed by atoms with Gasteiger partial charge < -0.3 is 9.30 Å². The van der Waals surface area contributed by atoms with Crippen molar-refractivity contribution in [2.75, 3.05) is 6.61 Å². The Hall–Kier alpha value is -2.03. The highest BCUT2D eigenvalue weighted by molar-refractivity contribution is 5.91. The van der Waals surface area contributed by atoms with Gasteiger partial charge in [0, 0.05) is 18.4 Å². The minimum atomic E-state index is -0.215. The van der Waals surface area contributed by atoms with Crippen molar-refractivity contribution in [3.63, 3.8) is 0 Å². The zero-order valence-electron chi connectivity index (χ0n) is 13.7. The number of ether oxygens (including phenoxy) is 1. The predicted octanol–water partition coefficient (Wildman–Crippen LogP) is 4.42. The molecule has 0 bridgehead atoms. The average molecular weight is 299 g/mol. The lowest BCUT2D eigenvalue weighted by Crippen LogP contribution is -2.11. The van der Waals surface area contributed by atoms with Crippen LogP contribution < -0.4 is 0 Å². The van der Waals surface area contributed by atoms with Gasteiger partial charge in [-0.3, -0.25) is 0 Å². The Labute approximate surface area is 132 Å². The fraction of sp³-hybridized carbons (Fsp3) is 0.421. The van der Waals surface area contributed by atoms with Crippen molar-refractivity contribution in [1.29, 1.82) is 0 Å². The Kier molecular flexibility index (Phi) is 5.82. The number of aryl methyl sites for hydroxylation is 2. The van der Waals surface area contributed by atoms with Crippen LogP contribution in [0.5, 0.6) is 0 Å². The second-order valence-electron chi connectivity index (χ2n) is 5.77. The number of aromatic nitrogens is 1. The van der Waals surface area contributed by atoms with Gasteiger partial charge in [0.1, 0.15) is 0 Å². The summed E-state index contributed by atoms with van der Waals surface area (Å²) in [6.45, 7) is 7.40. The van der Waals surface area contributed by atoms with Crippen LogP contribution in [0.1, 0.15) is 54.7 Å². The molecular formula is C19H25NO2. The van der Waals surface area contributed by atoms with E-state index < -0.39 is 0 Å². The smallest absolute Gasteiger partial charge is 0.339 e. The van der Waals surface area contributed by atoms with Crippen LogP contribution in [-0.2, 0) is 17.7 Å². The van der Waals surface area contributed by atoms with Crippen molar-refractivity contribution in [1.82, 2.24) is 4.57 Å². The van der Waals surface area contributed by atoms with Crippen LogP contribution in [0, 0.1) is 0 Å². The molecule has 0 unspecified atom stereocenters. The highest BCUT2D eigenvalue weighted by atomic mass is 16.5. The van der Waals surface area contributed by atoms with E-state index in [9.17, 15) is 4.79 Å². The quantitative estimate of drug-likeness (QED) is 0.709. The molecule has 0 fully saturated rings. The van der Waals surface area contributed by atoms with Crippen LogP contribution in [0.4, 0.5) is 0 Å². The van der Waals surface area contributed by atoms with E-state index in [1.807, 2.05) is 25.3 Å². The van der Waals surface area contributed by atoms with Gasteiger partial charge in [0.25, 0.3) is 0 Å². The summed E-state index contributed by atoms with van der Waals surface area (Å²) in [5.74, 6) is 0.0825. The summed E-state index contributed by atoms with van der Waals surface area (Å²) in [4.78, 5) is 12.0. The number of carbonyl (C=O) groups excluding carboxylic acids is 1. The summed E-state index contributed by atoms with van der Waals surface area (Å²) in [6, 6.07) is 12.4. The van der Waals surface area contributed by atoms with Gasteiger partial charge in [0.2, 0.25) is 0 Å². The van der Waals surface area contributed by atoms with Crippen LogP contribution in [0.3, 0.4) is 0 Å². The van der Waals surface area contributed by atoms with E-state index in [0.717, 1.165) is 25.1 Å². The molecule has 0 saturated heterocycles. The first-order valence-electron chi connectivity index (χ1n) is 8.03. The van der Waals surface area contributed by atoms with Crippen LogP contribution in [0.15, 0.2) is 42.6 Å². The van der Waals surface area contributed by atoms with Crippen molar-refractivity contribution < 1.29 is 9.53 Å². The first-order valence-corrected chi connectivity index (χ1v) is 8.03. The lowest BCUT2D eigenvalue weighted by Gasteiger charge is -2.14. The second-order valence-corrected chi connectivity index (χ2v) is 5.77. The van der Waals surface area contributed by atoms with Gasteiger partial charge in [0.15, 0.2) is 0 Å². The molecule has 0 saturated carbocycles. The first kappa shape index (κ1) is 16.3. The Morgan fingerprint density at radius 2 is 1.91 bits per heavy atom. The molecule has 3 nitrogen and oxygen atoms in total. The van der Waals surface area contributed by atoms with Crippen molar-refractivity contribution in [2.45, 2.75) is 46.1 Å². The van der Waals surface area contributed by atoms with Crippen LogP contribution in [-0.4, -0.2) is 17.1 Å². The number of hydrogen-bond donors (Lipinski definition) is 0. The number of nitrogens with zero attached hydrogens (tertiary/aromatic N) is 1. The van der Waals surface area contributed by atoms with Gasteiger partial charge in [-0.2, -0.15) is 0 Å². The van der Waals surface area contributed by atoms with E-state index in [1.165, 1.54) is 5.56 Å². The number of rotatable bonds is 7. The Balaban J connectivity index is 2.06. The third-order valence-electron chi connectivity index (χ3n) is 3.76. The monoisotopic (exact) mass is 299 g/mol. The van der Waals surface area contributed by atoms with E-state index in [1.54, 1.807) is 0 Å². The molecule has 2 rings (SSSR count). The first-order chi connectivity index (χ1) is 10.6. The highest BCUT2D eigenvalue weighted by Crippen LogP contribution is 2.22. The summed E-state index contributed by atoms with van der Waals surface area (Å²) in [7, 11) is 0. The third-order valence-corrected chi connectivity index (χ3v) is 3.76. The van der Waals surface area contributed by atoms with Gasteiger partial charge in [-0.1, -0.05) is 44.2 Å². The molecule has 118 valence electrons. The molecule has 1 heterocycles. The maximum absolute atomic E-state index is 12.0. The average Bonchev–Trinajstić information content (AvgIpc) is 2.93. The lowest BCUT2D eigenvalue weighted by molar-refractivity contribution is 0.0524. The van der Waals surface area contributed by atoms with Gasteiger partial charge in [0.05, 0.1) is 12.2 Å². The topological polar surface area (TPSA) is 31.2 Å². The molecule has 22 heavy (non-hydrogen) atoms. The lowest BCUT2D eigenvalue weighted by atomic mass is 10.1. The van der Waals surface area contributed by atoms with Gasteiger partial charge in [-0.05, 0) is 37.3 Å². The maximum Gasteiger partial charge on any atom is 0.339 e. The molecule has 0 spiro atoms. The molecule has 2 aromatic rings. The summed E-state index contributed by atoms with van der Waals surface area (Å²) >= 11 is 0. The Bertz CT molecular complexity index is 599. The zero-order chi connectivity index (χ0) is 15.9. The van der Waals surface area contributed by atoms with Crippen molar-refractivity contribution in [3.8, 4) is 0 Å². The van der Waals surface area contributed by atoms with Crippen molar-refractivity contribution >= 4 is 5.97 Å². The molecule has 0 aliphatic heterocycles. The molecule has 0 aliphatic carbocycles. The maximum atomic E-state index is 12.0. The van der Waals surface area contributed by atoms with Crippen LogP contribution in [0.2, 0.25) is 0 Å². The molecule has 0 atom stereocenters. The van der Waals surface area contributed by atoms with Crippen molar-refractivity contribution in [2.24, 2.45) is 0 Å². The van der Waals surface area contributed by atoms with E-state index in [0.29, 0.717) is 18.1 Å². The normalized spacial score (nSPS) is 10.9. The minimum absolute atomic E-state index is 0.215. The number of benzene rings is 1. The highest BCUT2D eigenvalue weighted by Gasteiger charge is 2.19. The molecular weight excluding hydrogens is 274 g/mol. The Morgan fingerprint density at radius 1 is 1.18 bits per heavy atom. The van der Waals surface area contributed by atoms with E-state index in [2.05, 4.69) is 42.7 Å². The largest absolute Gasteiger partial charge is 0.462 e. The van der Waals surface area contributed by atoms with E-state index in [-0.39, 0.29) is 5.97 Å². The molecule has 1 aromatic heterocycles. The zero-order valence-corrected chi connectivity index (χ0v) is 13.7. The standard InChI is InChI=1S/C19H25NO2/c1-4-22-19(21)17-12-14-20(18(17)15(2)3)13-8-11-16-9-6-5-7-10-16/h5-7,9-10,12,14-15H,4,8,11,13H2,1-3H3. The molecule has 0 N–H and O–H groups in total. The van der Waals surface area contributed by atoms with Crippen LogP contribution in [0.25, 0.3) is 0 Å². The summed E-state index contributed by atoms with van der Waals surface area (Å²) < 4.78 is 7.35. The fourth-order valence-corrected chi connectivity index (χ4v) is 2.80. The molecule has 3 heteroatoms. The molecule has 0 amide bonds. The van der Waals surface area contributed by atoms with Gasteiger partial charge in [-0.25, -0.2) is 4.79 Å². The number of carbonyl (C=O) groups is 1. The minimum Gasteiger partial charge on any atom is -0.462 e. The summed E-state index contributed by atoms with van der Waals surface area (Å²) in [6.07, 6.45) is 4.11. The predicted molar refractivity (Wildman–Crippen MR) is 89.2 cm³/mol.